The van der Waals surface area contributed by atoms with Gasteiger partial charge < -0.3 is 0 Å². The lowest BCUT2D eigenvalue weighted by Gasteiger charge is -2.19. The first-order valence-corrected chi connectivity index (χ1v) is 17.8. The molecule has 1 aromatic heterocycles. The van der Waals surface area contributed by atoms with E-state index in [1.54, 1.807) is 0 Å². The Kier molecular flexibility index (Phi) is 5.95. The van der Waals surface area contributed by atoms with Gasteiger partial charge in [-0.25, -0.2) is 9.97 Å². The van der Waals surface area contributed by atoms with Gasteiger partial charge in [0.2, 0.25) is 0 Å². The van der Waals surface area contributed by atoms with Crippen molar-refractivity contribution in [3.8, 4) is 56.0 Å². The molecular weight excluding hydrogens is 537 g/mol. The van der Waals surface area contributed by atoms with E-state index in [0.717, 1.165) is 22.6 Å². The number of fused-ring (bicyclic) bond motifs is 4. The molecule has 0 amide bonds. The monoisotopic (exact) mass is 566 g/mol. The maximum atomic E-state index is 5.39. The molecule has 8 rings (SSSR count). The molecule has 0 saturated heterocycles. The second-order valence-corrected chi connectivity index (χ2v) is 16.1. The number of aromatic nitrogens is 2. The fraction of sp³-hybridized carbons (Fsp3) is 0.0500. The predicted molar refractivity (Wildman–Crippen MR) is 183 cm³/mol. The maximum absolute atomic E-state index is 5.39. The minimum absolute atomic E-state index is 0.787. The smallest absolute Gasteiger partial charge is 0.159 e. The fourth-order valence-electron chi connectivity index (χ4n) is 6.56. The van der Waals surface area contributed by atoms with E-state index < -0.39 is 8.07 Å². The molecule has 0 bridgehead atoms. The van der Waals surface area contributed by atoms with Crippen LogP contribution in [0.15, 0.2) is 146 Å². The number of hydrogen-bond acceptors (Lipinski definition) is 2. The van der Waals surface area contributed by atoms with E-state index in [2.05, 4.69) is 159 Å². The summed E-state index contributed by atoms with van der Waals surface area (Å²) in [5, 5.41) is 5.14. The van der Waals surface area contributed by atoms with Crippen LogP contribution in [-0.4, -0.2) is 18.0 Å². The van der Waals surface area contributed by atoms with Gasteiger partial charge in [-0.1, -0.05) is 140 Å². The van der Waals surface area contributed by atoms with Crippen LogP contribution in [0.2, 0.25) is 13.1 Å². The molecule has 43 heavy (non-hydrogen) atoms. The first-order chi connectivity index (χ1) is 21.1. The van der Waals surface area contributed by atoms with E-state index in [9.17, 15) is 0 Å². The zero-order valence-corrected chi connectivity index (χ0v) is 25.3. The second kappa shape index (κ2) is 10.0. The van der Waals surface area contributed by atoms with Crippen molar-refractivity contribution in [3.05, 3.63) is 146 Å². The van der Waals surface area contributed by atoms with Crippen molar-refractivity contribution in [3.63, 3.8) is 0 Å². The van der Waals surface area contributed by atoms with Gasteiger partial charge in [0, 0.05) is 22.0 Å². The Morgan fingerprint density at radius 1 is 0.442 bits per heavy atom. The molecule has 1 aliphatic heterocycles. The average molecular weight is 567 g/mol. The van der Waals surface area contributed by atoms with Crippen LogP contribution in [0.1, 0.15) is 0 Å². The standard InChI is InChI=1S/C40H30N2Si/c1-43(2)36-21-9-8-20-35(36)37-38(33-18-10-16-30(25-33)27-12-4-3-5-13-27)41-39(42-40(37)43)34-19-11-17-31(26-34)32-23-22-28-14-6-7-15-29(28)24-32/h3-26H,1-2H3. The molecule has 0 unspecified atom stereocenters. The van der Waals surface area contributed by atoms with Crippen LogP contribution >= 0.6 is 0 Å². The summed E-state index contributed by atoms with van der Waals surface area (Å²) in [7, 11) is -2.05. The molecule has 2 heterocycles. The van der Waals surface area contributed by atoms with Gasteiger partial charge in [-0.15, -0.1) is 0 Å². The number of nitrogens with zero attached hydrogens (tertiary/aromatic N) is 2. The second-order valence-electron chi connectivity index (χ2n) is 11.9. The molecule has 0 aliphatic carbocycles. The summed E-state index contributed by atoms with van der Waals surface area (Å²) in [6.07, 6.45) is 0. The highest BCUT2D eigenvalue weighted by Gasteiger charge is 2.41. The molecule has 0 radical (unpaired) electrons. The highest BCUT2D eigenvalue weighted by molar-refractivity contribution is 7.03. The Bertz CT molecular complexity index is 2160. The molecule has 0 atom stereocenters. The van der Waals surface area contributed by atoms with Crippen molar-refractivity contribution in [2.24, 2.45) is 0 Å². The summed E-state index contributed by atoms with van der Waals surface area (Å²) in [6.45, 7) is 4.84. The number of hydrogen-bond donors (Lipinski definition) is 0. The van der Waals surface area contributed by atoms with E-state index in [1.807, 2.05) is 0 Å². The Labute approximate surface area is 253 Å². The third-order valence-corrected chi connectivity index (χ3v) is 12.1. The molecule has 0 spiro atoms. The number of benzene rings is 6. The molecule has 0 saturated carbocycles. The highest BCUT2D eigenvalue weighted by Crippen LogP contribution is 2.38. The van der Waals surface area contributed by atoms with Crippen LogP contribution < -0.4 is 10.5 Å². The van der Waals surface area contributed by atoms with Crippen molar-refractivity contribution in [2.45, 2.75) is 13.1 Å². The van der Waals surface area contributed by atoms with E-state index in [1.165, 1.54) is 54.7 Å². The van der Waals surface area contributed by atoms with Gasteiger partial charge >= 0.3 is 0 Å². The van der Waals surface area contributed by atoms with Crippen LogP contribution in [0, 0.1) is 0 Å². The molecular formula is C40H30N2Si. The third-order valence-electron chi connectivity index (χ3n) is 8.82. The van der Waals surface area contributed by atoms with Crippen LogP contribution in [0.3, 0.4) is 0 Å². The Hall–Kier alpha value is -5.12. The lowest BCUT2D eigenvalue weighted by atomic mass is 9.97. The summed E-state index contributed by atoms with van der Waals surface area (Å²) in [6, 6.07) is 52.1. The van der Waals surface area contributed by atoms with E-state index in [4.69, 9.17) is 9.97 Å². The fourth-order valence-corrected chi connectivity index (χ4v) is 9.48. The third kappa shape index (κ3) is 4.32. The molecule has 7 aromatic rings. The van der Waals surface area contributed by atoms with Gasteiger partial charge in [-0.05, 0) is 62.0 Å². The van der Waals surface area contributed by atoms with Crippen LogP contribution in [0.5, 0.6) is 0 Å². The van der Waals surface area contributed by atoms with E-state index in [0.29, 0.717) is 0 Å². The molecule has 204 valence electrons. The summed E-state index contributed by atoms with van der Waals surface area (Å²) in [5.74, 6) is 0.787. The Morgan fingerprint density at radius 3 is 1.88 bits per heavy atom. The SMILES string of the molecule is C[Si]1(C)c2ccccc2-c2c(-c3cccc(-c4ccccc4)c3)nc(-c3cccc(-c4ccc5ccccc5c4)c3)nc21. The minimum Gasteiger partial charge on any atom is -0.237 e. The van der Waals surface area contributed by atoms with Crippen molar-refractivity contribution in [1.82, 2.24) is 9.97 Å². The maximum Gasteiger partial charge on any atom is 0.159 e. The summed E-state index contributed by atoms with van der Waals surface area (Å²) < 4.78 is 0. The van der Waals surface area contributed by atoms with E-state index in [-0.39, 0.29) is 0 Å². The minimum atomic E-state index is -2.05. The average Bonchev–Trinajstić information content (AvgIpc) is 3.31. The van der Waals surface area contributed by atoms with Gasteiger partial charge in [-0.3, -0.25) is 0 Å². The van der Waals surface area contributed by atoms with Gasteiger partial charge in [-0.2, -0.15) is 0 Å². The topological polar surface area (TPSA) is 25.8 Å². The summed E-state index contributed by atoms with van der Waals surface area (Å²) in [4.78, 5) is 10.8. The Balaban J connectivity index is 1.33. The van der Waals surface area contributed by atoms with Crippen molar-refractivity contribution in [2.75, 3.05) is 0 Å². The molecule has 0 N–H and O–H groups in total. The highest BCUT2D eigenvalue weighted by atomic mass is 28.3. The van der Waals surface area contributed by atoms with E-state index >= 15 is 0 Å². The van der Waals surface area contributed by atoms with Crippen LogP contribution in [0.25, 0.3) is 66.8 Å². The molecule has 6 aromatic carbocycles. The first kappa shape index (κ1) is 25.6. The van der Waals surface area contributed by atoms with Crippen molar-refractivity contribution >= 4 is 29.4 Å². The van der Waals surface area contributed by atoms with Crippen molar-refractivity contribution < 1.29 is 0 Å². The zero-order chi connectivity index (χ0) is 29.0. The zero-order valence-electron chi connectivity index (χ0n) is 24.3. The summed E-state index contributed by atoms with van der Waals surface area (Å²) >= 11 is 0. The Morgan fingerprint density at radius 2 is 1.05 bits per heavy atom. The molecule has 3 heteroatoms. The first-order valence-electron chi connectivity index (χ1n) is 14.8. The van der Waals surface area contributed by atoms with Gasteiger partial charge in [0.1, 0.15) is 8.07 Å². The lowest BCUT2D eigenvalue weighted by molar-refractivity contribution is 1.21. The quantitative estimate of drug-likeness (QED) is 0.199. The predicted octanol–water partition coefficient (Wildman–Crippen LogP) is 9.10. The largest absolute Gasteiger partial charge is 0.237 e. The summed E-state index contributed by atoms with van der Waals surface area (Å²) in [5.41, 5.74) is 10.4. The lowest BCUT2D eigenvalue weighted by Crippen LogP contribution is -2.50. The van der Waals surface area contributed by atoms with Gasteiger partial charge in [0.25, 0.3) is 0 Å². The molecule has 2 nitrogen and oxygen atoms in total. The van der Waals surface area contributed by atoms with Crippen LogP contribution in [-0.2, 0) is 0 Å². The molecule has 0 fully saturated rings. The molecule has 1 aliphatic rings. The van der Waals surface area contributed by atoms with Crippen LogP contribution in [0.4, 0.5) is 0 Å². The number of rotatable bonds is 4. The van der Waals surface area contributed by atoms with Crippen molar-refractivity contribution in [1.29, 1.82) is 0 Å². The van der Waals surface area contributed by atoms with Gasteiger partial charge in [0.05, 0.1) is 5.69 Å². The normalized spacial score (nSPS) is 13.1. The van der Waals surface area contributed by atoms with Gasteiger partial charge in [0.15, 0.2) is 5.82 Å².